The maximum atomic E-state index is 10.7. The van der Waals surface area contributed by atoms with Crippen molar-refractivity contribution in [3.8, 4) is 0 Å². The standard InChI is InChI=1S/C19H29NO2/c21-19(11-5-2-6-12-19)16-20-13-9-18(10-14-20)22-15-17-7-3-1-4-8-17/h1,3-4,7-8,18,21H,2,5-6,9-16H2. The summed E-state index contributed by atoms with van der Waals surface area (Å²) >= 11 is 0. The molecule has 22 heavy (non-hydrogen) atoms. The van der Waals surface area contributed by atoms with E-state index in [0.717, 1.165) is 51.9 Å². The molecule has 3 heteroatoms. The molecule has 2 fully saturated rings. The van der Waals surface area contributed by atoms with Gasteiger partial charge in [0.15, 0.2) is 0 Å². The smallest absolute Gasteiger partial charge is 0.0774 e. The van der Waals surface area contributed by atoms with Gasteiger partial charge in [-0.25, -0.2) is 0 Å². The van der Waals surface area contributed by atoms with Gasteiger partial charge in [0.2, 0.25) is 0 Å². The van der Waals surface area contributed by atoms with Crippen molar-refractivity contribution in [2.45, 2.75) is 63.3 Å². The van der Waals surface area contributed by atoms with Crippen LogP contribution < -0.4 is 0 Å². The Morgan fingerprint density at radius 3 is 2.41 bits per heavy atom. The first kappa shape index (κ1) is 16.0. The first-order valence-electron chi connectivity index (χ1n) is 8.84. The van der Waals surface area contributed by atoms with Crippen molar-refractivity contribution < 1.29 is 9.84 Å². The molecule has 0 unspecified atom stereocenters. The van der Waals surface area contributed by atoms with E-state index < -0.39 is 5.60 Å². The van der Waals surface area contributed by atoms with Crippen molar-refractivity contribution in [1.82, 2.24) is 4.90 Å². The van der Waals surface area contributed by atoms with Crippen molar-refractivity contribution in [2.75, 3.05) is 19.6 Å². The number of piperidine rings is 1. The number of rotatable bonds is 5. The third kappa shape index (κ3) is 4.55. The summed E-state index contributed by atoms with van der Waals surface area (Å²) in [5, 5.41) is 10.7. The summed E-state index contributed by atoms with van der Waals surface area (Å²) in [4.78, 5) is 2.44. The Balaban J connectivity index is 1.39. The molecule has 1 aromatic carbocycles. The average Bonchev–Trinajstić information content (AvgIpc) is 2.55. The van der Waals surface area contributed by atoms with Crippen LogP contribution in [0, 0.1) is 0 Å². The van der Waals surface area contributed by atoms with Crippen LogP contribution in [0.3, 0.4) is 0 Å². The average molecular weight is 303 g/mol. The van der Waals surface area contributed by atoms with Crippen LogP contribution in [0.5, 0.6) is 0 Å². The number of hydrogen-bond donors (Lipinski definition) is 1. The third-order valence-electron chi connectivity index (χ3n) is 5.17. The topological polar surface area (TPSA) is 32.7 Å². The zero-order valence-electron chi connectivity index (χ0n) is 13.5. The molecule has 3 nitrogen and oxygen atoms in total. The highest BCUT2D eigenvalue weighted by atomic mass is 16.5. The second kappa shape index (κ2) is 7.58. The SMILES string of the molecule is OC1(CN2CCC(OCc3ccccc3)CC2)CCCCC1. The van der Waals surface area contributed by atoms with E-state index in [1.807, 2.05) is 6.07 Å². The highest BCUT2D eigenvalue weighted by molar-refractivity contribution is 5.13. The maximum absolute atomic E-state index is 10.7. The molecule has 0 bridgehead atoms. The molecule has 0 amide bonds. The minimum absolute atomic E-state index is 0.373. The van der Waals surface area contributed by atoms with Crippen molar-refractivity contribution in [3.63, 3.8) is 0 Å². The van der Waals surface area contributed by atoms with E-state index >= 15 is 0 Å². The lowest BCUT2D eigenvalue weighted by atomic mass is 9.84. The van der Waals surface area contributed by atoms with Gasteiger partial charge in [0.1, 0.15) is 0 Å². The van der Waals surface area contributed by atoms with Gasteiger partial charge in [-0.2, -0.15) is 0 Å². The van der Waals surface area contributed by atoms with Crippen LogP contribution in [-0.4, -0.2) is 41.3 Å². The molecular weight excluding hydrogens is 274 g/mol. The van der Waals surface area contributed by atoms with Gasteiger partial charge in [-0.1, -0.05) is 49.6 Å². The zero-order valence-corrected chi connectivity index (χ0v) is 13.5. The van der Waals surface area contributed by atoms with Crippen molar-refractivity contribution in [3.05, 3.63) is 35.9 Å². The lowest BCUT2D eigenvalue weighted by molar-refractivity contribution is -0.0509. The monoisotopic (exact) mass is 303 g/mol. The number of ether oxygens (including phenoxy) is 1. The Labute approximate surface area is 134 Å². The van der Waals surface area contributed by atoms with E-state index in [1.165, 1.54) is 24.8 Å². The summed E-state index contributed by atoms with van der Waals surface area (Å²) in [6.07, 6.45) is 8.18. The summed E-state index contributed by atoms with van der Waals surface area (Å²) in [7, 11) is 0. The van der Waals surface area contributed by atoms with Crippen LogP contribution in [0.4, 0.5) is 0 Å². The molecule has 0 atom stereocenters. The maximum Gasteiger partial charge on any atom is 0.0774 e. The number of hydrogen-bond acceptors (Lipinski definition) is 3. The Hall–Kier alpha value is -0.900. The van der Waals surface area contributed by atoms with Gasteiger partial charge in [0, 0.05) is 19.6 Å². The van der Waals surface area contributed by atoms with E-state index in [4.69, 9.17) is 4.74 Å². The quantitative estimate of drug-likeness (QED) is 0.905. The van der Waals surface area contributed by atoms with E-state index in [9.17, 15) is 5.11 Å². The molecule has 3 rings (SSSR count). The van der Waals surface area contributed by atoms with Gasteiger partial charge in [-0.15, -0.1) is 0 Å². The summed E-state index contributed by atoms with van der Waals surface area (Å²) in [6, 6.07) is 10.4. The van der Waals surface area contributed by atoms with Crippen LogP contribution >= 0.6 is 0 Å². The molecule has 1 aliphatic carbocycles. The largest absolute Gasteiger partial charge is 0.389 e. The molecular formula is C19H29NO2. The number of β-amino-alcohol motifs (C(OH)–C–C–N with tert-alkyl or cyclic N) is 1. The van der Waals surface area contributed by atoms with Gasteiger partial charge in [-0.3, -0.25) is 0 Å². The molecule has 1 saturated heterocycles. The predicted molar refractivity (Wildman–Crippen MR) is 88.7 cm³/mol. The zero-order chi connectivity index (χ0) is 15.3. The Kier molecular flexibility index (Phi) is 5.51. The molecule has 1 saturated carbocycles. The number of likely N-dealkylation sites (tertiary alicyclic amines) is 1. The van der Waals surface area contributed by atoms with E-state index in [0.29, 0.717) is 6.10 Å². The fourth-order valence-corrected chi connectivity index (χ4v) is 3.81. The second-order valence-electron chi connectivity index (χ2n) is 7.06. The van der Waals surface area contributed by atoms with Crippen LogP contribution in [0.2, 0.25) is 0 Å². The molecule has 1 heterocycles. The van der Waals surface area contributed by atoms with Crippen LogP contribution in [-0.2, 0) is 11.3 Å². The minimum atomic E-state index is -0.421. The van der Waals surface area contributed by atoms with Crippen LogP contribution in [0.1, 0.15) is 50.5 Å². The Morgan fingerprint density at radius 2 is 1.73 bits per heavy atom. The lowest BCUT2D eigenvalue weighted by Gasteiger charge is -2.40. The molecule has 0 aromatic heterocycles. The van der Waals surface area contributed by atoms with Crippen LogP contribution in [0.25, 0.3) is 0 Å². The third-order valence-corrected chi connectivity index (χ3v) is 5.17. The summed E-state index contributed by atoms with van der Waals surface area (Å²) < 4.78 is 6.04. The van der Waals surface area contributed by atoms with E-state index in [2.05, 4.69) is 29.2 Å². The van der Waals surface area contributed by atoms with E-state index in [-0.39, 0.29) is 0 Å². The molecule has 0 spiro atoms. The molecule has 1 aromatic rings. The first-order valence-corrected chi connectivity index (χ1v) is 8.84. The Bertz CT molecular complexity index is 434. The summed E-state index contributed by atoms with van der Waals surface area (Å²) in [5.41, 5.74) is 0.831. The summed E-state index contributed by atoms with van der Waals surface area (Å²) in [6.45, 7) is 3.69. The summed E-state index contributed by atoms with van der Waals surface area (Å²) in [5.74, 6) is 0. The number of benzene rings is 1. The molecule has 122 valence electrons. The molecule has 0 radical (unpaired) electrons. The highest BCUT2D eigenvalue weighted by Crippen LogP contribution is 2.29. The fraction of sp³-hybridized carbons (Fsp3) is 0.684. The molecule has 1 aliphatic heterocycles. The highest BCUT2D eigenvalue weighted by Gasteiger charge is 2.32. The molecule has 2 aliphatic rings. The van der Waals surface area contributed by atoms with Gasteiger partial charge in [0.25, 0.3) is 0 Å². The molecule has 1 N–H and O–H groups in total. The van der Waals surface area contributed by atoms with Crippen molar-refractivity contribution in [1.29, 1.82) is 0 Å². The second-order valence-corrected chi connectivity index (χ2v) is 7.06. The number of nitrogens with zero attached hydrogens (tertiary/aromatic N) is 1. The Morgan fingerprint density at radius 1 is 1.05 bits per heavy atom. The minimum Gasteiger partial charge on any atom is -0.389 e. The van der Waals surface area contributed by atoms with Gasteiger partial charge in [-0.05, 0) is 31.2 Å². The van der Waals surface area contributed by atoms with Gasteiger partial charge < -0.3 is 14.7 Å². The first-order chi connectivity index (χ1) is 10.7. The normalized spacial score (nSPS) is 23.5. The fourth-order valence-electron chi connectivity index (χ4n) is 3.81. The van der Waals surface area contributed by atoms with Gasteiger partial charge in [0.05, 0.1) is 18.3 Å². The number of aliphatic hydroxyl groups is 1. The van der Waals surface area contributed by atoms with Crippen LogP contribution in [0.15, 0.2) is 30.3 Å². The van der Waals surface area contributed by atoms with E-state index in [1.54, 1.807) is 0 Å². The lowest BCUT2D eigenvalue weighted by Crippen LogP contribution is -2.48. The van der Waals surface area contributed by atoms with Gasteiger partial charge >= 0.3 is 0 Å². The van der Waals surface area contributed by atoms with Crippen molar-refractivity contribution >= 4 is 0 Å². The predicted octanol–water partition coefficient (Wildman–Crippen LogP) is 3.36. The van der Waals surface area contributed by atoms with Crippen molar-refractivity contribution in [2.24, 2.45) is 0 Å².